The van der Waals surface area contributed by atoms with Crippen molar-refractivity contribution >= 4 is 34.6 Å². The third-order valence-electron chi connectivity index (χ3n) is 16.5. The Hall–Kier alpha value is -3.98. The topological polar surface area (TPSA) is 12.5 Å². The summed E-state index contributed by atoms with van der Waals surface area (Å²) in [7, 11) is 0. The second kappa shape index (κ2) is 13.5. The Morgan fingerprint density at radius 2 is 1.38 bits per heavy atom. The van der Waals surface area contributed by atoms with Crippen LogP contribution in [0.3, 0.4) is 0 Å². The zero-order chi connectivity index (χ0) is 44.1. The Kier molecular flexibility index (Phi) is 9.38. The lowest BCUT2D eigenvalue weighted by atomic mass is 9.32. The van der Waals surface area contributed by atoms with Gasteiger partial charge in [0.15, 0.2) is 0 Å². The first-order valence-corrected chi connectivity index (χ1v) is 23.7. The molecule has 0 amide bonds. The van der Waals surface area contributed by atoms with Crippen LogP contribution in [0, 0.1) is 41.9 Å². The minimum atomic E-state index is -0.0668. The van der Waals surface area contributed by atoms with Gasteiger partial charge < -0.3 is 9.64 Å². The van der Waals surface area contributed by atoms with Gasteiger partial charge in [0.2, 0.25) is 0 Å². The minimum Gasteiger partial charge on any atom is -0.473 e. The fourth-order valence-electron chi connectivity index (χ4n) is 11.8. The van der Waals surface area contributed by atoms with E-state index in [1.807, 2.05) is 0 Å². The average Bonchev–Trinajstić information content (AvgIpc) is 3.22. The van der Waals surface area contributed by atoms with Crippen molar-refractivity contribution in [1.82, 2.24) is 0 Å². The second-order valence-corrected chi connectivity index (χ2v) is 25.0. The number of hydrogen-bond acceptors (Lipinski definition) is 2. The Morgan fingerprint density at radius 3 is 2.00 bits per heavy atom. The van der Waals surface area contributed by atoms with E-state index in [1.54, 1.807) is 0 Å². The highest BCUT2D eigenvalue weighted by Crippen LogP contribution is 2.57. The number of allylic oxidation sites excluding steroid dienone is 7. The first-order chi connectivity index (χ1) is 28.2. The third kappa shape index (κ3) is 6.72. The van der Waals surface area contributed by atoms with E-state index in [1.165, 1.54) is 96.5 Å². The zero-order valence-electron chi connectivity index (χ0n) is 41.0. The molecule has 2 unspecified atom stereocenters. The van der Waals surface area contributed by atoms with Crippen molar-refractivity contribution in [3.63, 3.8) is 0 Å². The monoisotopic (exact) mass is 812 g/mol. The van der Waals surface area contributed by atoms with Crippen molar-refractivity contribution in [1.29, 1.82) is 0 Å². The largest absolute Gasteiger partial charge is 0.473 e. The van der Waals surface area contributed by atoms with Crippen molar-refractivity contribution < 1.29 is 4.74 Å². The molecule has 2 atom stereocenters. The van der Waals surface area contributed by atoms with Gasteiger partial charge in [-0.3, -0.25) is 0 Å². The third-order valence-corrected chi connectivity index (χ3v) is 16.5. The van der Waals surface area contributed by atoms with Gasteiger partial charge in [-0.15, -0.1) is 0 Å². The van der Waals surface area contributed by atoms with E-state index in [4.69, 9.17) is 4.74 Å². The van der Waals surface area contributed by atoms with E-state index in [0.717, 1.165) is 30.7 Å². The van der Waals surface area contributed by atoms with Crippen molar-refractivity contribution in [2.45, 2.75) is 166 Å². The molecule has 2 bridgehead atoms. The standard InChI is InChI=1S/C58H74BNO/c1-34-26-42-40(30-37-18-19-38(28-35(37)2)53(4,5)6)41-31-43-44(56(12,13)23-22-55(43,10)11)32-46(41)59-50(42)48(27-34)60(47-21-20-39(29-36(47)3)54(7,8)9)51-45-33-49(61-52(51)59)58(16,17)25-24-57(45,14)15/h18,20-21,26-33,38,45H,19,22-25H2,1-17H3/b40-30+. The number of fused-ring (bicyclic) bond motifs is 6. The van der Waals surface area contributed by atoms with Gasteiger partial charge in [-0.1, -0.05) is 145 Å². The molecule has 320 valence electrons. The fourth-order valence-corrected chi connectivity index (χ4v) is 11.8. The lowest BCUT2D eigenvalue weighted by molar-refractivity contribution is 0.203. The summed E-state index contributed by atoms with van der Waals surface area (Å²) in [5.74, 6) is 1.87. The number of nitrogens with zero attached hydrogens (tertiary/aromatic N) is 1. The molecule has 0 fully saturated rings. The summed E-state index contributed by atoms with van der Waals surface area (Å²) in [6.07, 6.45) is 15.9. The molecular weight excluding hydrogens is 737 g/mol. The zero-order valence-corrected chi connectivity index (χ0v) is 41.0. The fraction of sp³-hybridized carbons (Fsp3) is 0.517. The van der Waals surface area contributed by atoms with Gasteiger partial charge in [0.05, 0.1) is 11.4 Å². The SMILES string of the molecule is CC1=CC(C(C)(C)C)CC=C1/C=C1\c2cc3c(cc2B2C4=C(C5C=C(O4)C(C)(C)CCC5(C)C)N(c4ccc(C(C)(C)C)cc4C)c4cc(C)cc1c42)C(C)(C)CCC3(C)C. The molecule has 0 aromatic heterocycles. The first-order valence-electron chi connectivity index (χ1n) is 23.7. The molecule has 0 N–H and O–H groups in total. The van der Waals surface area contributed by atoms with Gasteiger partial charge >= 0.3 is 0 Å². The number of anilines is 2. The summed E-state index contributed by atoms with van der Waals surface area (Å²) in [5.41, 5.74) is 22.2. The van der Waals surface area contributed by atoms with E-state index in [-0.39, 0.29) is 45.1 Å². The highest BCUT2D eigenvalue weighted by molar-refractivity contribution is 6.94. The summed E-state index contributed by atoms with van der Waals surface area (Å²) in [6, 6.07) is 17.6. The maximum absolute atomic E-state index is 7.70. The number of aryl methyl sites for hydroxylation is 2. The van der Waals surface area contributed by atoms with Crippen LogP contribution in [0.25, 0.3) is 5.57 Å². The van der Waals surface area contributed by atoms with Crippen LogP contribution in [-0.4, -0.2) is 6.71 Å². The maximum atomic E-state index is 7.70. The molecule has 0 spiro atoms. The first kappa shape index (κ1) is 42.3. The predicted octanol–water partition coefficient (Wildman–Crippen LogP) is 14.5. The van der Waals surface area contributed by atoms with Crippen LogP contribution in [0.15, 0.2) is 95.0 Å². The lowest BCUT2D eigenvalue weighted by Crippen LogP contribution is -2.58. The summed E-state index contributed by atoms with van der Waals surface area (Å²) in [6.45, 7) is 40.9. The van der Waals surface area contributed by atoms with Crippen LogP contribution in [0.2, 0.25) is 0 Å². The van der Waals surface area contributed by atoms with Crippen molar-refractivity contribution in [3.8, 4) is 0 Å². The van der Waals surface area contributed by atoms with E-state index in [2.05, 4.69) is 189 Å². The molecule has 0 radical (unpaired) electrons. The van der Waals surface area contributed by atoms with E-state index in [0.29, 0.717) is 5.92 Å². The quantitative estimate of drug-likeness (QED) is 0.239. The van der Waals surface area contributed by atoms with E-state index in [9.17, 15) is 0 Å². The molecule has 3 aliphatic heterocycles. The van der Waals surface area contributed by atoms with Gasteiger partial charge in [0, 0.05) is 22.7 Å². The normalized spacial score (nSPS) is 25.0. The van der Waals surface area contributed by atoms with Gasteiger partial charge in [0.1, 0.15) is 5.76 Å². The van der Waals surface area contributed by atoms with Crippen LogP contribution < -0.4 is 15.8 Å². The average molecular weight is 812 g/mol. The minimum absolute atomic E-state index is 0.0255. The molecule has 2 nitrogen and oxygen atoms in total. The summed E-state index contributed by atoms with van der Waals surface area (Å²) >= 11 is 0. The molecule has 3 aliphatic carbocycles. The van der Waals surface area contributed by atoms with Crippen LogP contribution in [0.4, 0.5) is 11.4 Å². The van der Waals surface area contributed by atoms with Crippen molar-refractivity contribution in [2.75, 3.05) is 4.90 Å². The highest BCUT2D eigenvalue weighted by Gasteiger charge is 2.54. The Balaban J connectivity index is 1.40. The van der Waals surface area contributed by atoms with E-state index >= 15 is 0 Å². The number of hydrogen-bond donors (Lipinski definition) is 0. The van der Waals surface area contributed by atoms with Crippen molar-refractivity contribution in [2.24, 2.45) is 28.1 Å². The number of ether oxygens (including phenoxy) is 1. The molecule has 0 saturated heterocycles. The van der Waals surface area contributed by atoms with Gasteiger partial charge in [-0.2, -0.15) is 0 Å². The maximum Gasteiger partial charge on any atom is 0.293 e. The van der Waals surface area contributed by atoms with Crippen LogP contribution >= 0.6 is 0 Å². The Labute approximate surface area is 370 Å². The number of rotatable bonds is 2. The van der Waals surface area contributed by atoms with Gasteiger partial charge in [0.25, 0.3) is 6.71 Å². The smallest absolute Gasteiger partial charge is 0.293 e. The second-order valence-electron chi connectivity index (χ2n) is 25.0. The van der Waals surface area contributed by atoms with Gasteiger partial charge in [-0.25, -0.2) is 0 Å². The molecule has 3 heteroatoms. The molecule has 3 aromatic carbocycles. The molecule has 3 heterocycles. The molecular formula is C58H74BNO. The summed E-state index contributed by atoms with van der Waals surface area (Å²) in [5, 5.41) is 0. The highest BCUT2D eigenvalue weighted by atomic mass is 16.5. The van der Waals surface area contributed by atoms with Gasteiger partial charge in [-0.05, 0) is 171 Å². The molecule has 0 saturated carbocycles. The molecule has 3 aromatic rings. The Bertz CT molecular complexity index is 2550. The predicted molar refractivity (Wildman–Crippen MR) is 263 cm³/mol. The van der Waals surface area contributed by atoms with Crippen LogP contribution in [0.1, 0.15) is 175 Å². The van der Waals surface area contributed by atoms with Crippen LogP contribution in [0.5, 0.6) is 0 Å². The van der Waals surface area contributed by atoms with E-state index < -0.39 is 0 Å². The lowest BCUT2D eigenvalue weighted by Gasteiger charge is -2.49. The molecule has 9 rings (SSSR count). The molecule has 6 aliphatic rings. The Morgan fingerprint density at radius 1 is 0.721 bits per heavy atom. The number of benzene rings is 3. The summed E-state index contributed by atoms with van der Waals surface area (Å²) < 4.78 is 7.70. The molecule has 61 heavy (non-hydrogen) atoms. The van der Waals surface area contributed by atoms with Crippen molar-refractivity contribution in [3.05, 3.63) is 134 Å². The summed E-state index contributed by atoms with van der Waals surface area (Å²) in [4.78, 5) is 2.69. The van der Waals surface area contributed by atoms with Crippen LogP contribution in [-0.2, 0) is 21.0 Å².